The van der Waals surface area contributed by atoms with E-state index >= 15 is 0 Å². The molecule has 0 fully saturated rings. The van der Waals surface area contributed by atoms with Crippen LogP contribution < -0.4 is 11.1 Å². The molecule has 0 saturated heterocycles. The summed E-state index contributed by atoms with van der Waals surface area (Å²) in [6, 6.07) is 1.93. The van der Waals surface area contributed by atoms with E-state index in [4.69, 9.17) is 11.0 Å². The maximum absolute atomic E-state index is 11.8. The summed E-state index contributed by atoms with van der Waals surface area (Å²) in [5, 5.41) is 12.5. The molecule has 8 heteroatoms. The van der Waals surface area contributed by atoms with Gasteiger partial charge in [0.25, 0.3) is 0 Å². The number of hydrogen-bond acceptors (Lipinski definition) is 7. The van der Waals surface area contributed by atoms with Crippen LogP contribution in [0.4, 0.5) is 10.7 Å². The summed E-state index contributed by atoms with van der Waals surface area (Å²) >= 11 is 1.08. The van der Waals surface area contributed by atoms with E-state index in [1.807, 2.05) is 6.07 Å². The number of rotatable bonds is 7. The van der Waals surface area contributed by atoms with Crippen molar-refractivity contribution in [2.75, 3.05) is 43.5 Å². The zero-order chi connectivity index (χ0) is 15.3. The second kappa shape index (κ2) is 6.92. The van der Waals surface area contributed by atoms with Crippen LogP contribution in [0.1, 0.15) is 18.7 Å². The third-order valence-electron chi connectivity index (χ3n) is 2.98. The number of nitrogen functional groups attached to an aromatic ring is 1. The number of nitrogens with zero attached hydrogens (tertiary/aromatic N) is 2. The van der Waals surface area contributed by atoms with Gasteiger partial charge in [-0.1, -0.05) is 13.8 Å². The van der Waals surface area contributed by atoms with Crippen LogP contribution in [0.2, 0.25) is 0 Å². The molecule has 0 saturated carbocycles. The molecule has 0 amide bonds. The Bertz CT molecular complexity index is 598. The molecule has 112 valence electrons. The third kappa shape index (κ3) is 3.85. The van der Waals surface area contributed by atoms with Gasteiger partial charge in [0.05, 0.1) is 5.69 Å². The lowest BCUT2D eigenvalue weighted by Gasteiger charge is -2.18. The zero-order valence-corrected chi connectivity index (χ0v) is 13.6. The highest BCUT2D eigenvalue weighted by Crippen LogP contribution is 2.38. The van der Waals surface area contributed by atoms with Gasteiger partial charge in [0.1, 0.15) is 20.8 Å². The van der Waals surface area contributed by atoms with Crippen LogP contribution in [-0.2, 0) is 9.84 Å². The first kappa shape index (κ1) is 16.8. The molecule has 1 heterocycles. The van der Waals surface area contributed by atoms with Gasteiger partial charge in [-0.3, -0.25) is 0 Å². The van der Waals surface area contributed by atoms with Gasteiger partial charge in [0.2, 0.25) is 0 Å². The number of thiophene rings is 1. The average molecular weight is 316 g/mol. The molecular weight excluding hydrogens is 296 g/mol. The minimum atomic E-state index is -3.46. The second-order valence-electron chi connectivity index (χ2n) is 4.34. The highest BCUT2D eigenvalue weighted by Gasteiger charge is 2.23. The first-order valence-electron chi connectivity index (χ1n) is 6.33. The zero-order valence-electron chi connectivity index (χ0n) is 11.9. The predicted octanol–water partition coefficient (Wildman–Crippen LogP) is 1.36. The molecular formula is C12H20N4O2S2. The van der Waals surface area contributed by atoms with Crippen LogP contribution in [-0.4, -0.2) is 45.8 Å². The van der Waals surface area contributed by atoms with Gasteiger partial charge >= 0.3 is 0 Å². The standard InChI is InChI=1S/C12H20N4O2S2/c1-4-16(5-2)7-6-15-12-11(20(3,17)18)10(14)9(8-13)19-12/h15H,4-7,14H2,1-3H3. The van der Waals surface area contributed by atoms with Crippen LogP contribution in [0.3, 0.4) is 0 Å². The fraction of sp³-hybridized carbons (Fsp3) is 0.583. The number of nitriles is 1. The lowest BCUT2D eigenvalue weighted by atomic mass is 10.4. The summed E-state index contributed by atoms with van der Waals surface area (Å²) in [7, 11) is -3.46. The van der Waals surface area contributed by atoms with Gasteiger partial charge < -0.3 is 16.0 Å². The third-order valence-corrected chi connectivity index (χ3v) is 5.34. The van der Waals surface area contributed by atoms with Crippen LogP contribution in [0.15, 0.2) is 4.90 Å². The summed E-state index contributed by atoms with van der Waals surface area (Å²) in [4.78, 5) is 2.49. The van der Waals surface area contributed by atoms with Crippen molar-refractivity contribution in [3.8, 4) is 6.07 Å². The smallest absolute Gasteiger partial charge is 0.180 e. The van der Waals surface area contributed by atoms with Gasteiger partial charge in [-0.15, -0.1) is 11.3 Å². The molecule has 3 N–H and O–H groups in total. The Balaban J connectivity index is 2.93. The fourth-order valence-corrected chi connectivity index (χ4v) is 4.26. The fourth-order valence-electron chi connectivity index (χ4n) is 1.86. The van der Waals surface area contributed by atoms with Gasteiger partial charge in [-0.2, -0.15) is 5.26 Å². The monoisotopic (exact) mass is 316 g/mol. The molecule has 0 aromatic carbocycles. The number of nitrogens with two attached hydrogens (primary N) is 1. The van der Waals surface area contributed by atoms with E-state index < -0.39 is 9.84 Å². The topological polar surface area (TPSA) is 99.2 Å². The van der Waals surface area contributed by atoms with Crippen molar-refractivity contribution in [2.24, 2.45) is 0 Å². The van der Waals surface area contributed by atoms with E-state index in [-0.39, 0.29) is 15.5 Å². The van der Waals surface area contributed by atoms with Gasteiger partial charge in [-0.25, -0.2) is 8.42 Å². The minimum Gasteiger partial charge on any atom is -0.396 e. The number of hydrogen-bond donors (Lipinski definition) is 2. The largest absolute Gasteiger partial charge is 0.396 e. The van der Waals surface area contributed by atoms with E-state index in [2.05, 4.69) is 24.1 Å². The Morgan fingerprint density at radius 3 is 2.45 bits per heavy atom. The summed E-state index contributed by atoms with van der Waals surface area (Å²) in [5.74, 6) is 0. The van der Waals surface area contributed by atoms with Crippen molar-refractivity contribution in [1.82, 2.24) is 4.90 Å². The first-order chi connectivity index (χ1) is 9.35. The molecule has 0 radical (unpaired) electrons. The Kier molecular flexibility index (Phi) is 5.80. The van der Waals surface area contributed by atoms with E-state index in [1.54, 1.807) is 0 Å². The van der Waals surface area contributed by atoms with Gasteiger partial charge in [-0.05, 0) is 13.1 Å². The molecule has 0 spiro atoms. The molecule has 0 atom stereocenters. The van der Waals surface area contributed by atoms with Gasteiger partial charge in [0, 0.05) is 19.3 Å². The number of sulfone groups is 1. The van der Waals surface area contributed by atoms with Crippen molar-refractivity contribution in [2.45, 2.75) is 18.7 Å². The van der Waals surface area contributed by atoms with Crippen molar-refractivity contribution >= 4 is 31.9 Å². The number of anilines is 2. The normalized spacial score (nSPS) is 11.6. The van der Waals surface area contributed by atoms with Crippen molar-refractivity contribution in [1.29, 1.82) is 5.26 Å². The van der Waals surface area contributed by atoms with Crippen LogP contribution in [0, 0.1) is 11.3 Å². The van der Waals surface area contributed by atoms with E-state index in [0.717, 1.165) is 37.2 Å². The number of likely N-dealkylation sites (N-methyl/N-ethyl adjacent to an activating group) is 1. The van der Waals surface area contributed by atoms with E-state index in [1.165, 1.54) is 0 Å². The Morgan fingerprint density at radius 2 is 2.00 bits per heavy atom. The molecule has 0 aliphatic rings. The maximum Gasteiger partial charge on any atom is 0.180 e. The lowest BCUT2D eigenvalue weighted by Crippen LogP contribution is -2.28. The second-order valence-corrected chi connectivity index (χ2v) is 7.31. The van der Waals surface area contributed by atoms with Crippen LogP contribution in [0.5, 0.6) is 0 Å². The van der Waals surface area contributed by atoms with Crippen molar-refractivity contribution in [3.05, 3.63) is 4.88 Å². The summed E-state index contributed by atoms with van der Waals surface area (Å²) in [6.45, 7) is 7.43. The lowest BCUT2D eigenvalue weighted by molar-refractivity contribution is 0.316. The Labute approximate surface area is 124 Å². The quantitative estimate of drug-likeness (QED) is 0.788. The predicted molar refractivity (Wildman–Crippen MR) is 82.8 cm³/mol. The average Bonchev–Trinajstić information content (AvgIpc) is 2.70. The SMILES string of the molecule is CCN(CC)CCNc1sc(C#N)c(N)c1S(C)(=O)=O. The molecule has 0 unspecified atom stereocenters. The summed E-state index contributed by atoms with van der Waals surface area (Å²) < 4.78 is 23.6. The molecule has 0 aliphatic carbocycles. The minimum absolute atomic E-state index is 0.0404. The highest BCUT2D eigenvalue weighted by molar-refractivity contribution is 7.91. The van der Waals surface area contributed by atoms with Crippen LogP contribution in [0.25, 0.3) is 0 Å². The van der Waals surface area contributed by atoms with E-state index in [0.29, 0.717) is 11.5 Å². The first-order valence-corrected chi connectivity index (χ1v) is 9.04. The molecule has 6 nitrogen and oxygen atoms in total. The molecule has 0 aliphatic heterocycles. The molecule has 20 heavy (non-hydrogen) atoms. The summed E-state index contributed by atoms with van der Waals surface area (Å²) in [5.41, 5.74) is 5.79. The van der Waals surface area contributed by atoms with E-state index in [9.17, 15) is 8.42 Å². The molecule has 0 bridgehead atoms. The molecule has 1 aromatic heterocycles. The number of nitrogens with one attached hydrogen (secondary N) is 1. The maximum atomic E-state index is 11.8. The highest BCUT2D eigenvalue weighted by atomic mass is 32.2. The van der Waals surface area contributed by atoms with Crippen LogP contribution >= 0.6 is 11.3 Å². The Hall–Kier alpha value is -1.30. The van der Waals surface area contributed by atoms with Crippen molar-refractivity contribution in [3.63, 3.8) is 0 Å². The molecule has 1 rings (SSSR count). The van der Waals surface area contributed by atoms with Gasteiger partial charge in [0.15, 0.2) is 9.84 Å². The van der Waals surface area contributed by atoms with Crippen molar-refractivity contribution < 1.29 is 8.42 Å². The summed E-state index contributed by atoms with van der Waals surface area (Å²) in [6.07, 6.45) is 1.10. The Morgan fingerprint density at radius 1 is 1.40 bits per heavy atom. The molecule has 1 aromatic rings.